The van der Waals surface area contributed by atoms with Crippen LogP contribution in [0.25, 0.3) is 0 Å². The molecule has 3 N–H and O–H groups in total. The summed E-state index contributed by atoms with van der Waals surface area (Å²) in [5.41, 5.74) is 3.10. The Morgan fingerprint density at radius 3 is 2.65 bits per heavy atom. The van der Waals surface area contributed by atoms with Crippen LogP contribution in [0.2, 0.25) is 0 Å². The predicted octanol–water partition coefficient (Wildman–Crippen LogP) is 5.58. The molecule has 0 saturated heterocycles. The summed E-state index contributed by atoms with van der Waals surface area (Å²) in [7, 11) is 0. The van der Waals surface area contributed by atoms with Crippen LogP contribution >= 0.6 is 0 Å². The number of rotatable bonds is 8. The van der Waals surface area contributed by atoms with Crippen LogP contribution in [0.1, 0.15) is 78.6 Å². The van der Waals surface area contributed by atoms with E-state index in [1.807, 2.05) is 12.2 Å². The van der Waals surface area contributed by atoms with Crippen LogP contribution in [0.15, 0.2) is 59.8 Å². The van der Waals surface area contributed by atoms with E-state index in [-0.39, 0.29) is 16.8 Å². The van der Waals surface area contributed by atoms with Gasteiger partial charge in [0.1, 0.15) is 0 Å². The molecule has 4 aliphatic carbocycles. The molecule has 5 nitrogen and oxygen atoms in total. The Morgan fingerprint density at radius 2 is 1.95 bits per heavy atom. The van der Waals surface area contributed by atoms with Gasteiger partial charge in [-0.3, -0.25) is 0 Å². The molecule has 4 rings (SSSR count). The molecule has 4 saturated carbocycles. The second kappa shape index (κ2) is 11.4. The third-order valence-corrected chi connectivity index (χ3v) is 9.79. The first kappa shape index (κ1) is 28.1. The number of aliphatic hydroxyl groups is 3. The Hall–Kier alpha value is -1.95. The van der Waals surface area contributed by atoms with E-state index in [1.165, 1.54) is 37.3 Å². The zero-order valence-electron chi connectivity index (χ0n) is 22.9. The Bertz CT molecular complexity index is 983. The van der Waals surface area contributed by atoms with Crippen molar-refractivity contribution in [2.45, 2.75) is 96.9 Å². The molecule has 0 heterocycles. The normalized spacial score (nSPS) is 37.3. The summed E-state index contributed by atoms with van der Waals surface area (Å²) < 4.78 is 4.99. The van der Waals surface area contributed by atoms with Crippen molar-refractivity contribution >= 4 is 5.97 Å². The fourth-order valence-corrected chi connectivity index (χ4v) is 7.34. The van der Waals surface area contributed by atoms with Crippen LogP contribution in [0.5, 0.6) is 0 Å². The summed E-state index contributed by atoms with van der Waals surface area (Å²) >= 11 is 0. The molecular formula is C32H46O5. The van der Waals surface area contributed by atoms with Crippen molar-refractivity contribution in [3.63, 3.8) is 0 Å². The minimum absolute atomic E-state index is 0.223. The fraction of sp³-hybridized carbons (Fsp3) is 0.656. The van der Waals surface area contributed by atoms with Gasteiger partial charge in [-0.15, -0.1) is 0 Å². The lowest BCUT2D eigenvalue weighted by Gasteiger charge is -2.44. The minimum Gasteiger partial charge on any atom is -0.463 e. The van der Waals surface area contributed by atoms with Gasteiger partial charge in [-0.1, -0.05) is 56.4 Å². The molecule has 0 bridgehead atoms. The summed E-state index contributed by atoms with van der Waals surface area (Å²) in [6, 6.07) is 0. The largest absolute Gasteiger partial charge is 0.463 e. The van der Waals surface area contributed by atoms with Gasteiger partial charge in [0.2, 0.25) is 0 Å². The Kier molecular flexibility index (Phi) is 8.67. The van der Waals surface area contributed by atoms with E-state index in [2.05, 4.69) is 38.7 Å². The summed E-state index contributed by atoms with van der Waals surface area (Å²) in [6.07, 6.45) is 18.6. The van der Waals surface area contributed by atoms with Crippen LogP contribution in [0.3, 0.4) is 0 Å². The third kappa shape index (κ3) is 6.05. The molecule has 0 aliphatic heterocycles. The molecule has 4 aliphatic rings. The zero-order valence-corrected chi connectivity index (χ0v) is 22.9. The lowest BCUT2D eigenvalue weighted by atomic mass is 9.61. The van der Waals surface area contributed by atoms with Crippen LogP contribution in [0.4, 0.5) is 0 Å². The standard InChI is InChI=1S/C32H46O5/c1-5-37-30(36)14-16-32(17-18-32)29(35)13-8-21(2)26-11-12-27-23(7-6-15-31(26,27)4)9-10-24-19-25(33)20-28(34)22(24)3/h8-10,13-14,16,21,25-29,33-35H,3,5-7,11-12,15,17-20H2,1-2,4H3/b13-8+,16-14+,23-9?,24-10?/t21-,25-,26-,27+,28+,29-,31-/m1/s1. The lowest BCUT2D eigenvalue weighted by molar-refractivity contribution is -0.137. The first-order valence-corrected chi connectivity index (χ1v) is 14.3. The summed E-state index contributed by atoms with van der Waals surface area (Å²) in [5, 5.41) is 31.2. The molecule has 0 aromatic heterocycles. The molecule has 7 atom stereocenters. The second-order valence-electron chi connectivity index (χ2n) is 12.2. The van der Waals surface area contributed by atoms with Gasteiger partial charge in [-0.2, -0.15) is 0 Å². The van der Waals surface area contributed by atoms with Gasteiger partial charge in [-0.05, 0) is 92.6 Å². The van der Waals surface area contributed by atoms with E-state index in [1.54, 1.807) is 6.92 Å². The van der Waals surface area contributed by atoms with E-state index in [0.717, 1.165) is 30.4 Å². The van der Waals surface area contributed by atoms with Gasteiger partial charge in [0.15, 0.2) is 0 Å². The van der Waals surface area contributed by atoms with Crippen molar-refractivity contribution in [1.29, 1.82) is 0 Å². The molecule has 0 spiro atoms. The third-order valence-electron chi connectivity index (χ3n) is 9.79. The number of carbonyl (C=O) groups excluding carboxylic acids is 1. The van der Waals surface area contributed by atoms with Crippen molar-refractivity contribution in [3.05, 3.63) is 59.8 Å². The SMILES string of the molecule is C=C1C(=CC=C2CCC[C@]3(C)[C@@H]([C@H](C)/C=C/[C@@H](O)C4(/C=C/C(=O)OCC)CC4)CC[C@@H]23)C[C@@H](O)C[C@@H]1O. The molecule has 0 aromatic carbocycles. The molecule has 4 fully saturated rings. The van der Waals surface area contributed by atoms with Gasteiger partial charge in [0, 0.05) is 17.9 Å². The number of ether oxygens (including phenoxy) is 1. The lowest BCUT2D eigenvalue weighted by Crippen LogP contribution is -2.35. The maximum atomic E-state index is 11.7. The molecule has 0 amide bonds. The molecule has 0 radical (unpaired) electrons. The number of hydrogen-bond donors (Lipinski definition) is 3. The molecule has 0 unspecified atom stereocenters. The van der Waals surface area contributed by atoms with Gasteiger partial charge in [-0.25, -0.2) is 4.79 Å². The first-order valence-electron chi connectivity index (χ1n) is 14.3. The fourth-order valence-electron chi connectivity index (χ4n) is 7.34. The average molecular weight is 511 g/mol. The molecule has 0 aromatic rings. The van der Waals surface area contributed by atoms with Gasteiger partial charge < -0.3 is 20.1 Å². The number of fused-ring (bicyclic) bond motifs is 1. The average Bonchev–Trinajstić information content (AvgIpc) is 3.57. The smallest absolute Gasteiger partial charge is 0.330 e. The van der Waals surface area contributed by atoms with Gasteiger partial charge in [0.05, 0.1) is 24.9 Å². The maximum absolute atomic E-state index is 11.7. The highest BCUT2D eigenvalue weighted by atomic mass is 16.5. The van der Waals surface area contributed by atoms with Crippen molar-refractivity contribution in [2.24, 2.45) is 28.6 Å². The minimum atomic E-state index is -0.653. The van der Waals surface area contributed by atoms with Crippen molar-refractivity contribution in [2.75, 3.05) is 6.61 Å². The Morgan fingerprint density at radius 1 is 1.19 bits per heavy atom. The quantitative estimate of drug-likeness (QED) is 0.225. The van der Waals surface area contributed by atoms with Gasteiger partial charge >= 0.3 is 5.97 Å². The van der Waals surface area contributed by atoms with E-state index in [0.29, 0.717) is 37.2 Å². The molecular weight excluding hydrogens is 464 g/mol. The number of esters is 1. The van der Waals surface area contributed by atoms with E-state index in [4.69, 9.17) is 4.74 Å². The van der Waals surface area contributed by atoms with Crippen molar-refractivity contribution in [1.82, 2.24) is 0 Å². The predicted molar refractivity (Wildman–Crippen MR) is 146 cm³/mol. The molecule has 37 heavy (non-hydrogen) atoms. The van der Waals surface area contributed by atoms with E-state index >= 15 is 0 Å². The van der Waals surface area contributed by atoms with Crippen molar-refractivity contribution in [3.8, 4) is 0 Å². The highest BCUT2D eigenvalue weighted by Gasteiger charge is 2.50. The summed E-state index contributed by atoms with van der Waals surface area (Å²) in [6.45, 7) is 10.9. The van der Waals surface area contributed by atoms with Crippen LogP contribution in [-0.4, -0.2) is 46.2 Å². The van der Waals surface area contributed by atoms with Crippen LogP contribution in [-0.2, 0) is 9.53 Å². The number of hydrogen-bond acceptors (Lipinski definition) is 5. The first-order chi connectivity index (χ1) is 17.6. The summed E-state index contributed by atoms with van der Waals surface area (Å²) in [5.74, 6) is 1.10. The second-order valence-corrected chi connectivity index (χ2v) is 12.2. The monoisotopic (exact) mass is 510 g/mol. The Labute approximate surface area is 222 Å². The number of aliphatic hydroxyl groups excluding tert-OH is 3. The van der Waals surface area contributed by atoms with Crippen LogP contribution < -0.4 is 0 Å². The maximum Gasteiger partial charge on any atom is 0.330 e. The number of allylic oxidation sites excluding steroid dienone is 4. The highest BCUT2D eigenvalue weighted by Crippen LogP contribution is 2.59. The zero-order chi connectivity index (χ0) is 26.8. The highest BCUT2D eigenvalue weighted by molar-refractivity contribution is 5.82. The molecule has 204 valence electrons. The number of carbonyl (C=O) groups is 1. The van der Waals surface area contributed by atoms with Gasteiger partial charge in [0.25, 0.3) is 0 Å². The Balaban J connectivity index is 1.43. The van der Waals surface area contributed by atoms with Crippen molar-refractivity contribution < 1.29 is 24.9 Å². The molecule has 5 heteroatoms. The van der Waals surface area contributed by atoms with E-state index < -0.39 is 18.3 Å². The van der Waals surface area contributed by atoms with Crippen LogP contribution in [0, 0.1) is 28.6 Å². The van der Waals surface area contributed by atoms with E-state index in [9.17, 15) is 20.1 Å². The summed E-state index contributed by atoms with van der Waals surface area (Å²) in [4.78, 5) is 11.7. The topological polar surface area (TPSA) is 87.0 Å².